The molecular formula is C22H34N4O. The van der Waals surface area contributed by atoms with E-state index in [4.69, 9.17) is 4.98 Å². The van der Waals surface area contributed by atoms with Gasteiger partial charge < -0.3 is 9.47 Å². The van der Waals surface area contributed by atoms with Crippen LogP contribution in [0.1, 0.15) is 53.3 Å². The van der Waals surface area contributed by atoms with Gasteiger partial charge in [-0.1, -0.05) is 12.1 Å². The van der Waals surface area contributed by atoms with E-state index in [0.29, 0.717) is 5.91 Å². The molecular weight excluding hydrogens is 336 g/mol. The molecule has 0 saturated carbocycles. The fourth-order valence-electron chi connectivity index (χ4n) is 4.52. The zero-order valence-corrected chi connectivity index (χ0v) is 17.5. The highest BCUT2D eigenvalue weighted by atomic mass is 16.2. The van der Waals surface area contributed by atoms with Crippen molar-refractivity contribution < 1.29 is 4.79 Å². The van der Waals surface area contributed by atoms with E-state index in [9.17, 15) is 4.79 Å². The van der Waals surface area contributed by atoms with Gasteiger partial charge in [-0.05, 0) is 66.1 Å². The van der Waals surface area contributed by atoms with Crippen LogP contribution in [-0.4, -0.2) is 50.4 Å². The SMILES string of the molecule is CCn1c(CN2CCC[C@H](C(=O)N(C(C)C)C(C)C)C2)nc2ccccc21. The Morgan fingerprint density at radius 1 is 1.22 bits per heavy atom. The molecule has 1 fully saturated rings. The number of aryl methyl sites for hydroxylation is 1. The number of rotatable bonds is 6. The number of carbonyl (C=O) groups excluding carboxylic acids is 1. The van der Waals surface area contributed by atoms with Crippen LogP contribution in [0.15, 0.2) is 24.3 Å². The van der Waals surface area contributed by atoms with Gasteiger partial charge in [0.2, 0.25) is 5.91 Å². The van der Waals surface area contributed by atoms with Crippen molar-refractivity contribution in [3.8, 4) is 0 Å². The average molecular weight is 371 g/mol. The summed E-state index contributed by atoms with van der Waals surface area (Å²) in [5.74, 6) is 1.52. The molecule has 3 rings (SSSR count). The number of piperidine rings is 1. The molecule has 1 aliphatic heterocycles. The molecule has 5 nitrogen and oxygen atoms in total. The van der Waals surface area contributed by atoms with Gasteiger partial charge in [0, 0.05) is 25.2 Å². The smallest absolute Gasteiger partial charge is 0.227 e. The largest absolute Gasteiger partial charge is 0.338 e. The zero-order valence-electron chi connectivity index (χ0n) is 17.5. The van der Waals surface area contributed by atoms with Crippen molar-refractivity contribution in [1.29, 1.82) is 0 Å². The number of amides is 1. The van der Waals surface area contributed by atoms with Crippen LogP contribution in [0.3, 0.4) is 0 Å². The Morgan fingerprint density at radius 3 is 2.59 bits per heavy atom. The second kappa shape index (κ2) is 8.42. The molecule has 1 atom stereocenters. The van der Waals surface area contributed by atoms with E-state index in [0.717, 1.165) is 50.4 Å². The Balaban J connectivity index is 1.74. The van der Waals surface area contributed by atoms with Crippen LogP contribution in [0.5, 0.6) is 0 Å². The first-order valence-electron chi connectivity index (χ1n) is 10.4. The van der Waals surface area contributed by atoms with Gasteiger partial charge in [0.05, 0.1) is 23.5 Å². The molecule has 1 aliphatic rings. The number of hydrogen-bond acceptors (Lipinski definition) is 3. The third kappa shape index (κ3) is 4.18. The summed E-state index contributed by atoms with van der Waals surface area (Å²) in [6, 6.07) is 8.83. The van der Waals surface area contributed by atoms with Crippen molar-refractivity contribution >= 4 is 16.9 Å². The number of imidazole rings is 1. The van der Waals surface area contributed by atoms with Gasteiger partial charge in [-0.25, -0.2) is 4.98 Å². The molecule has 0 spiro atoms. The maximum absolute atomic E-state index is 13.1. The van der Waals surface area contributed by atoms with E-state index in [1.54, 1.807) is 0 Å². The molecule has 27 heavy (non-hydrogen) atoms. The van der Waals surface area contributed by atoms with Gasteiger partial charge in [0.15, 0.2) is 0 Å². The predicted molar refractivity (Wildman–Crippen MR) is 111 cm³/mol. The van der Waals surface area contributed by atoms with E-state index in [2.05, 4.69) is 67.2 Å². The van der Waals surface area contributed by atoms with Crippen molar-refractivity contribution in [2.75, 3.05) is 13.1 Å². The number of aromatic nitrogens is 2. The lowest BCUT2D eigenvalue weighted by Crippen LogP contribution is -2.49. The number of nitrogens with zero attached hydrogens (tertiary/aromatic N) is 4. The minimum atomic E-state index is 0.100. The second-order valence-electron chi connectivity index (χ2n) is 8.27. The normalized spacial score (nSPS) is 18.6. The Bertz CT molecular complexity index is 772. The molecule has 2 aromatic rings. The van der Waals surface area contributed by atoms with E-state index in [1.807, 2.05) is 6.07 Å². The highest BCUT2D eigenvalue weighted by molar-refractivity contribution is 5.79. The second-order valence-corrected chi connectivity index (χ2v) is 8.27. The molecule has 1 aromatic heterocycles. The predicted octanol–water partition coefficient (Wildman–Crippen LogP) is 3.91. The highest BCUT2D eigenvalue weighted by Crippen LogP contribution is 2.24. The van der Waals surface area contributed by atoms with Crippen LogP contribution < -0.4 is 0 Å². The standard InChI is InChI=1S/C22H34N4O/c1-6-25-20-12-8-7-11-19(20)23-21(25)15-24-13-9-10-18(14-24)22(27)26(16(2)3)17(4)5/h7-8,11-12,16-18H,6,9-10,13-15H2,1-5H3/t18-/m0/s1. The summed E-state index contributed by atoms with van der Waals surface area (Å²) in [6.45, 7) is 14.2. The van der Waals surface area contributed by atoms with E-state index in [1.165, 1.54) is 5.52 Å². The molecule has 0 radical (unpaired) electrons. The molecule has 1 aromatic carbocycles. The average Bonchev–Trinajstić information content (AvgIpc) is 2.98. The van der Waals surface area contributed by atoms with Gasteiger partial charge in [-0.15, -0.1) is 0 Å². The number of likely N-dealkylation sites (tertiary alicyclic amines) is 1. The van der Waals surface area contributed by atoms with E-state index in [-0.39, 0.29) is 18.0 Å². The lowest BCUT2D eigenvalue weighted by Gasteiger charge is -2.38. The summed E-state index contributed by atoms with van der Waals surface area (Å²) in [5, 5.41) is 0. The van der Waals surface area contributed by atoms with Crippen LogP contribution in [0, 0.1) is 5.92 Å². The minimum absolute atomic E-state index is 0.100. The summed E-state index contributed by atoms with van der Waals surface area (Å²) < 4.78 is 2.30. The lowest BCUT2D eigenvalue weighted by atomic mass is 9.95. The number of carbonyl (C=O) groups is 1. The Hall–Kier alpha value is -1.88. The molecule has 148 valence electrons. The van der Waals surface area contributed by atoms with Crippen LogP contribution in [-0.2, 0) is 17.9 Å². The Kier molecular flexibility index (Phi) is 6.20. The monoisotopic (exact) mass is 370 g/mol. The fraction of sp³-hybridized carbons (Fsp3) is 0.636. The zero-order chi connectivity index (χ0) is 19.6. The summed E-state index contributed by atoms with van der Waals surface area (Å²) in [5.41, 5.74) is 2.26. The first kappa shape index (κ1) is 19.9. The summed E-state index contributed by atoms with van der Waals surface area (Å²) in [4.78, 5) is 22.5. The number of benzene rings is 1. The molecule has 0 unspecified atom stereocenters. The minimum Gasteiger partial charge on any atom is -0.338 e. The van der Waals surface area contributed by atoms with Crippen molar-refractivity contribution in [3.63, 3.8) is 0 Å². The first-order valence-corrected chi connectivity index (χ1v) is 10.4. The topological polar surface area (TPSA) is 41.4 Å². The Morgan fingerprint density at radius 2 is 1.93 bits per heavy atom. The quantitative estimate of drug-likeness (QED) is 0.774. The van der Waals surface area contributed by atoms with Gasteiger partial charge in [-0.2, -0.15) is 0 Å². The molecule has 2 heterocycles. The van der Waals surface area contributed by atoms with Crippen LogP contribution in [0.2, 0.25) is 0 Å². The molecule has 5 heteroatoms. The van der Waals surface area contributed by atoms with Gasteiger partial charge in [0.25, 0.3) is 0 Å². The maximum Gasteiger partial charge on any atom is 0.227 e. The molecule has 0 bridgehead atoms. The van der Waals surface area contributed by atoms with Crippen molar-refractivity contribution in [2.24, 2.45) is 5.92 Å². The summed E-state index contributed by atoms with van der Waals surface area (Å²) in [6.07, 6.45) is 2.07. The molecule has 1 saturated heterocycles. The van der Waals surface area contributed by atoms with Crippen molar-refractivity contribution in [1.82, 2.24) is 19.4 Å². The molecule has 0 aliphatic carbocycles. The third-order valence-corrected chi connectivity index (χ3v) is 5.64. The lowest BCUT2D eigenvalue weighted by molar-refractivity contribution is -0.141. The van der Waals surface area contributed by atoms with Crippen LogP contribution in [0.4, 0.5) is 0 Å². The van der Waals surface area contributed by atoms with Crippen molar-refractivity contribution in [2.45, 2.75) is 72.6 Å². The highest BCUT2D eigenvalue weighted by Gasteiger charge is 2.32. The molecule has 1 amide bonds. The van der Waals surface area contributed by atoms with Crippen LogP contribution >= 0.6 is 0 Å². The fourth-order valence-corrected chi connectivity index (χ4v) is 4.52. The van der Waals surface area contributed by atoms with Gasteiger partial charge in [0.1, 0.15) is 5.82 Å². The van der Waals surface area contributed by atoms with Crippen LogP contribution in [0.25, 0.3) is 11.0 Å². The van der Waals surface area contributed by atoms with Crippen molar-refractivity contribution in [3.05, 3.63) is 30.1 Å². The first-order chi connectivity index (χ1) is 12.9. The maximum atomic E-state index is 13.1. The van der Waals surface area contributed by atoms with E-state index < -0.39 is 0 Å². The van der Waals surface area contributed by atoms with Gasteiger partial charge >= 0.3 is 0 Å². The third-order valence-electron chi connectivity index (χ3n) is 5.64. The summed E-state index contributed by atoms with van der Waals surface area (Å²) in [7, 11) is 0. The number of para-hydroxylation sites is 2. The number of hydrogen-bond donors (Lipinski definition) is 0. The number of fused-ring (bicyclic) bond motifs is 1. The molecule has 0 N–H and O–H groups in total. The van der Waals surface area contributed by atoms with Gasteiger partial charge in [-0.3, -0.25) is 9.69 Å². The summed E-state index contributed by atoms with van der Waals surface area (Å²) >= 11 is 0. The van der Waals surface area contributed by atoms with E-state index >= 15 is 0 Å². The Labute approximate surface area is 163 Å².